The van der Waals surface area contributed by atoms with Crippen LogP contribution in [0.2, 0.25) is 0 Å². The number of hydrogen-bond donors (Lipinski definition) is 2. The molecule has 0 aliphatic rings. The maximum Gasteiger partial charge on any atom is 0.331 e. The summed E-state index contributed by atoms with van der Waals surface area (Å²) >= 11 is 0. The Balaban J connectivity index is 3.98. The Kier molecular flexibility index (Phi) is 6.14. The first-order chi connectivity index (χ1) is 6.45. The van der Waals surface area contributed by atoms with Crippen molar-refractivity contribution in [3.63, 3.8) is 0 Å². The Morgan fingerprint density at radius 2 is 1.21 bits per heavy atom. The van der Waals surface area contributed by atoms with Gasteiger partial charge in [-0.3, -0.25) is 0 Å². The second-order valence-electron chi connectivity index (χ2n) is 2.40. The van der Waals surface area contributed by atoms with Gasteiger partial charge in [0.2, 0.25) is 0 Å². The summed E-state index contributed by atoms with van der Waals surface area (Å²) < 4.78 is 0. The van der Waals surface area contributed by atoms with E-state index in [1.807, 2.05) is 0 Å². The Hall–Kier alpha value is -0.880. The molecule has 0 aliphatic heterocycles. The molecule has 0 rings (SSSR count). The third-order valence-corrected chi connectivity index (χ3v) is 3.10. The summed E-state index contributed by atoms with van der Waals surface area (Å²) in [6.45, 7) is 2.95. The van der Waals surface area contributed by atoms with Crippen molar-refractivity contribution in [2.75, 3.05) is 0 Å². The van der Waals surface area contributed by atoms with Crippen LogP contribution in [0.1, 0.15) is 13.8 Å². The molecule has 0 unspecified atom stereocenters. The Morgan fingerprint density at radius 1 is 0.929 bits per heavy atom. The normalized spacial score (nSPS) is 12.7. The molecular formula is C8H10O4S2. The number of carboxylic acid groups (broad SMARTS) is 2. The molecule has 0 saturated heterocycles. The summed E-state index contributed by atoms with van der Waals surface area (Å²) in [5, 5.41) is 19.9. The highest BCUT2D eigenvalue weighted by Crippen LogP contribution is 2.26. The molecule has 4 nitrogen and oxygen atoms in total. The lowest BCUT2D eigenvalue weighted by atomic mass is 10.4. The largest absolute Gasteiger partial charge is 0.478 e. The highest BCUT2D eigenvalue weighted by molar-refractivity contribution is 8.79. The fourth-order valence-corrected chi connectivity index (χ4v) is 2.10. The summed E-state index contributed by atoms with van der Waals surface area (Å²) in [6.07, 6.45) is 0. The minimum Gasteiger partial charge on any atom is -0.478 e. The fourth-order valence-electron chi connectivity index (χ4n) is 0.301. The molecule has 78 valence electrons. The van der Waals surface area contributed by atoms with Crippen LogP contribution in [0.3, 0.4) is 0 Å². The number of rotatable bonds is 5. The van der Waals surface area contributed by atoms with Gasteiger partial charge in [0.05, 0.1) is 0 Å². The second-order valence-corrected chi connectivity index (χ2v) is 4.42. The van der Waals surface area contributed by atoms with Crippen molar-refractivity contribution in [1.29, 1.82) is 0 Å². The van der Waals surface area contributed by atoms with Crippen LogP contribution in [0.5, 0.6) is 0 Å². The van der Waals surface area contributed by atoms with Gasteiger partial charge in [-0.05, 0) is 24.7 Å². The fraction of sp³-hybridized carbons (Fsp3) is 0.250. The van der Waals surface area contributed by atoms with Crippen LogP contribution in [0.4, 0.5) is 0 Å². The van der Waals surface area contributed by atoms with E-state index in [4.69, 9.17) is 10.2 Å². The van der Waals surface area contributed by atoms with Gasteiger partial charge in [-0.25, -0.2) is 9.59 Å². The van der Waals surface area contributed by atoms with Gasteiger partial charge >= 0.3 is 11.9 Å². The van der Waals surface area contributed by atoms with Crippen LogP contribution >= 0.6 is 21.6 Å². The van der Waals surface area contributed by atoms with Crippen LogP contribution in [-0.2, 0) is 9.59 Å². The van der Waals surface area contributed by atoms with Crippen LogP contribution in [0, 0.1) is 0 Å². The second kappa shape index (κ2) is 6.56. The molecule has 0 aliphatic carbocycles. The maximum absolute atomic E-state index is 10.3. The lowest BCUT2D eigenvalue weighted by molar-refractivity contribution is -0.133. The SMILES string of the molecule is C/C(=C\SS/C=C(\C)C(=O)O)C(=O)O. The average Bonchev–Trinajstić information content (AvgIpc) is 2.11. The zero-order valence-electron chi connectivity index (χ0n) is 7.68. The lowest BCUT2D eigenvalue weighted by Crippen LogP contribution is -1.94. The highest BCUT2D eigenvalue weighted by Gasteiger charge is 2.00. The minimum atomic E-state index is -0.975. The number of aliphatic carboxylic acids is 2. The third-order valence-electron chi connectivity index (χ3n) is 1.18. The zero-order chi connectivity index (χ0) is 11.1. The standard InChI is InChI=1S/C8H10O4S2/c1-5(7(9)10)3-13-14-4-6(2)8(11)12/h3-4H,1-2H3,(H,9,10)(H,11,12)/b5-3+,6-4+. The summed E-state index contributed by atoms with van der Waals surface area (Å²) in [4.78, 5) is 20.7. The van der Waals surface area contributed by atoms with Gasteiger partial charge in [0.1, 0.15) is 0 Å². The van der Waals surface area contributed by atoms with Crippen LogP contribution in [0.25, 0.3) is 0 Å². The molecule has 0 amide bonds. The topological polar surface area (TPSA) is 74.6 Å². The maximum atomic E-state index is 10.3. The van der Waals surface area contributed by atoms with E-state index in [1.54, 1.807) is 0 Å². The Bertz CT molecular complexity index is 264. The van der Waals surface area contributed by atoms with Crippen molar-refractivity contribution in [2.45, 2.75) is 13.8 Å². The van der Waals surface area contributed by atoms with E-state index in [0.29, 0.717) is 0 Å². The van der Waals surface area contributed by atoms with Gasteiger partial charge < -0.3 is 10.2 Å². The van der Waals surface area contributed by atoms with E-state index in [-0.39, 0.29) is 11.1 Å². The molecule has 0 aromatic rings. The van der Waals surface area contributed by atoms with E-state index in [0.717, 1.165) is 0 Å². The molecule has 6 heteroatoms. The monoisotopic (exact) mass is 234 g/mol. The summed E-state index contributed by atoms with van der Waals surface area (Å²) in [5.41, 5.74) is 0.452. The smallest absolute Gasteiger partial charge is 0.331 e. The molecule has 0 heterocycles. The van der Waals surface area contributed by atoms with Gasteiger partial charge in [-0.15, -0.1) is 0 Å². The first kappa shape index (κ1) is 13.1. The van der Waals surface area contributed by atoms with Gasteiger partial charge in [-0.2, -0.15) is 0 Å². The molecule has 0 saturated carbocycles. The van der Waals surface area contributed by atoms with E-state index >= 15 is 0 Å². The number of hydrogen-bond acceptors (Lipinski definition) is 4. The van der Waals surface area contributed by atoms with Crippen LogP contribution < -0.4 is 0 Å². The van der Waals surface area contributed by atoms with E-state index in [1.165, 1.54) is 46.3 Å². The zero-order valence-corrected chi connectivity index (χ0v) is 9.32. The Morgan fingerprint density at radius 3 is 1.43 bits per heavy atom. The molecule has 0 bridgehead atoms. The average molecular weight is 234 g/mol. The molecule has 0 aromatic carbocycles. The lowest BCUT2D eigenvalue weighted by Gasteiger charge is -1.93. The molecule has 0 aromatic heterocycles. The first-order valence-electron chi connectivity index (χ1n) is 3.57. The predicted molar refractivity (Wildman–Crippen MR) is 58.0 cm³/mol. The molecule has 0 atom stereocenters. The molecule has 0 radical (unpaired) electrons. The Labute approximate surface area is 89.5 Å². The summed E-state index contributed by atoms with van der Waals surface area (Å²) in [5.74, 6) is -1.95. The minimum absolute atomic E-state index is 0.226. The van der Waals surface area contributed by atoms with Gasteiger partial charge in [0.15, 0.2) is 0 Å². The molecular weight excluding hydrogens is 224 g/mol. The first-order valence-corrected chi connectivity index (χ1v) is 5.85. The number of carbonyl (C=O) groups is 2. The van der Waals surface area contributed by atoms with Crippen molar-refractivity contribution in [3.8, 4) is 0 Å². The number of carboxylic acids is 2. The third kappa shape index (κ3) is 5.71. The quantitative estimate of drug-likeness (QED) is 0.432. The highest BCUT2D eigenvalue weighted by atomic mass is 33.1. The van der Waals surface area contributed by atoms with E-state index in [9.17, 15) is 9.59 Å². The van der Waals surface area contributed by atoms with Crippen molar-refractivity contribution < 1.29 is 19.8 Å². The van der Waals surface area contributed by atoms with Gasteiger partial charge in [0, 0.05) is 11.1 Å². The van der Waals surface area contributed by atoms with Crippen molar-refractivity contribution in [1.82, 2.24) is 0 Å². The summed E-state index contributed by atoms with van der Waals surface area (Å²) in [7, 11) is 2.34. The van der Waals surface area contributed by atoms with Crippen LogP contribution in [0.15, 0.2) is 22.0 Å². The van der Waals surface area contributed by atoms with E-state index in [2.05, 4.69) is 0 Å². The van der Waals surface area contributed by atoms with Crippen LogP contribution in [-0.4, -0.2) is 22.2 Å². The molecule has 0 spiro atoms. The molecule has 2 N–H and O–H groups in total. The van der Waals surface area contributed by atoms with Crippen molar-refractivity contribution in [2.24, 2.45) is 0 Å². The molecule has 14 heavy (non-hydrogen) atoms. The summed E-state index contributed by atoms with van der Waals surface area (Å²) in [6, 6.07) is 0. The molecule has 0 fully saturated rings. The van der Waals surface area contributed by atoms with Crippen molar-refractivity contribution in [3.05, 3.63) is 22.0 Å². The van der Waals surface area contributed by atoms with Crippen molar-refractivity contribution >= 4 is 33.5 Å². The predicted octanol–water partition coefficient (Wildman–Crippen LogP) is 2.34. The van der Waals surface area contributed by atoms with Gasteiger partial charge in [-0.1, -0.05) is 21.6 Å². The van der Waals surface area contributed by atoms with E-state index < -0.39 is 11.9 Å². The van der Waals surface area contributed by atoms with Gasteiger partial charge in [0.25, 0.3) is 0 Å².